The number of hydrogen-bond donors (Lipinski definition) is 1. The molecule has 0 aromatic heterocycles. The maximum atomic E-state index is 12.0. The third-order valence-corrected chi connectivity index (χ3v) is 4.35. The highest BCUT2D eigenvalue weighted by Crippen LogP contribution is 2.17. The summed E-state index contributed by atoms with van der Waals surface area (Å²) in [6.45, 7) is 1.90. The predicted octanol–water partition coefficient (Wildman–Crippen LogP) is 3.84. The monoisotopic (exact) mass is 339 g/mol. The summed E-state index contributed by atoms with van der Waals surface area (Å²) in [4.78, 5) is 12.0. The van der Waals surface area contributed by atoms with Crippen molar-refractivity contribution in [2.45, 2.75) is 44.9 Å². The first kappa shape index (κ1) is 17.5. The molecule has 1 heterocycles. The molecule has 0 radical (unpaired) electrons. The normalized spacial score (nSPS) is 16.6. The van der Waals surface area contributed by atoms with Gasteiger partial charge in [-0.15, -0.1) is 0 Å². The lowest BCUT2D eigenvalue weighted by atomic mass is 10.1. The smallest absolute Gasteiger partial charge is 0.220 e. The molecular formula is C21H25NO3. The molecular weight excluding hydrogens is 314 g/mol. The van der Waals surface area contributed by atoms with Crippen molar-refractivity contribution in [3.05, 3.63) is 65.7 Å². The zero-order chi connectivity index (χ0) is 17.3. The Morgan fingerprint density at radius 3 is 2.76 bits per heavy atom. The first-order chi connectivity index (χ1) is 12.3. The minimum absolute atomic E-state index is 0.0751. The number of rotatable bonds is 8. The van der Waals surface area contributed by atoms with E-state index in [2.05, 4.69) is 5.32 Å². The molecule has 25 heavy (non-hydrogen) atoms. The molecule has 1 saturated heterocycles. The van der Waals surface area contributed by atoms with Gasteiger partial charge in [0, 0.05) is 19.6 Å². The Kier molecular flexibility index (Phi) is 6.46. The number of ether oxygens (including phenoxy) is 2. The van der Waals surface area contributed by atoms with Gasteiger partial charge in [-0.05, 0) is 42.5 Å². The lowest BCUT2D eigenvalue weighted by Crippen LogP contribution is -2.23. The van der Waals surface area contributed by atoms with E-state index >= 15 is 0 Å². The van der Waals surface area contributed by atoms with Crippen LogP contribution in [0.4, 0.5) is 0 Å². The molecule has 1 fully saturated rings. The fraction of sp³-hybridized carbons (Fsp3) is 0.381. The standard InChI is InChI=1S/C21H25NO3/c23-21(12-11-19-10-5-13-24-19)22-15-18-8-4-9-20(14-18)25-16-17-6-2-1-3-7-17/h1-4,6-9,14,19H,5,10-13,15-16H2,(H,22,23). The minimum atomic E-state index is 0.0751. The third kappa shape index (κ3) is 5.91. The number of carbonyl (C=O) groups excluding carboxylic acids is 1. The van der Waals surface area contributed by atoms with Gasteiger partial charge < -0.3 is 14.8 Å². The Morgan fingerprint density at radius 2 is 1.96 bits per heavy atom. The first-order valence-corrected chi connectivity index (χ1v) is 8.93. The summed E-state index contributed by atoms with van der Waals surface area (Å²) in [5.41, 5.74) is 2.17. The van der Waals surface area contributed by atoms with Crippen LogP contribution >= 0.6 is 0 Å². The van der Waals surface area contributed by atoms with Crippen molar-refractivity contribution in [3.63, 3.8) is 0 Å². The van der Waals surface area contributed by atoms with Crippen LogP contribution in [-0.4, -0.2) is 18.6 Å². The summed E-state index contributed by atoms with van der Waals surface area (Å²) in [5, 5.41) is 2.97. The summed E-state index contributed by atoms with van der Waals surface area (Å²) in [6, 6.07) is 17.9. The zero-order valence-corrected chi connectivity index (χ0v) is 14.4. The summed E-state index contributed by atoms with van der Waals surface area (Å²) in [6.07, 6.45) is 3.79. The number of nitrogens with one attached hydrogen (secondary N) is 1. The number of hydrogen-bond acceptors (Lipinski definition) is 3. The van der Waals surface area contributed by atoms with Gasteiger partial charge in [0.25, 0.3) is 0 Å². The van der Waals surface area contributed by atoms with Crippen LogP contribution in [0.25, 0.3) is 0 Å². The fourth-order valence-corrected chi connectivity index (χ4v) is 2.94. The quantitative estimate of drug-likeness (QED) is 0.795. The lowest BCUT2D eigenvalue weighted by molar-refractivity contribution is -0.121. The average Bonchev–Trinajstić information content (AvgIpc) is 3.18. The van der Waals surface area contributed by atoms with Gasteiger partial charge in [0.05, 0.1) is 6.10 Å². The van der Waals surface area contributed by atoms with Gasteiger partial charge in [0.1, 0.15) is 12.4 Å². The highest BCUT2D eigenvalue weighted by Gasteiger charge is 2.16. The van der Waals surface area contributed by atoms with E-state index in [-0.39, 0.29) is 12.0 Å². The van der Waals surface area contributed by atoms with E-state index in [1.54, 1.807) is 0 Å². The molecule has 132 valence electrons. The first-order valence-electron chi connectivity index (χ1n) is 8.93. The Labute approximate surface area is 149 Å². The molecule has 4 heteroatoms. The van der Waals surface area contributed by atoms with Crippen LogP contribution in [0.2, 0.25) is 0 Å². The lowest BCUT2D eigenvalue weighted by Gasteiger charge is -2.11. The Bertz CT molecular complexity index is 666. The van der Waals surface area contributed by atoms with E-state index in [0.29, 0.717) is 19.6 Å². The topological polar surface area (TPSA) is 47.6 Å². The second-order valence-electron chi connectivity index (χ2n) is 6.37. The van der Waals surface area contributed by atoms with Crippen molar-refractivity contribution in [1.82, 2.24) is 5.32 Å². The van der Waals surface area contributed by atoms with Crippen LogP contribution < -0.4 is 10.1 Å². The minimum Gasteiger partial charge on any atom is -0.489 e. The SMILES string of the molecule is O=C(CCC1CCCO1)NCc1cccc(OCc2ccccc2)c1. The van der Waals surface area contributed by atoms with Crippen LogP contribution in [0, 0.1) is 0 Å². The van der Waals surface area contributed by atoms with Crippen molar-refractivity contribution in [2.24, 2.45) is 0 Å². The van der Waals surface area contributed by atoms with E-state index < -0.39 is 0 Å². The zero-order valence-electron chi connectivity index (χ0n) is 14.4. The molecule has 2 aromatic rings. The predicted molar refractivity (Wildman–Crippen MR) is 97.3 cm³/mol. The Hall–Kier alpha value is -2.33. The molecule has 0 spiro atoms. The van der Waals surface area contributed by atoms with E-state index in [9.17, 15) is 4.79 Å². The Balaban J connectivity index is 1.42. The van der Waals surface area contributed by atoms with Crippen LogP contribution in [0.1, 0.15) is 36.8 Å². The highest BCUT2D eigenvalue weighted by molar-refractivity contribution is 5.75. The van der Waals surface area contributed by atoms with Crippen molar-refractivity contribution in [2.75, 3.05) is 6.61 Å². The number of carbonyl (C=O) groups is 1. The van der Waals surface area contributed by atoms with Gasteiger partial charge in [0.2, 0.25) is 5.91 Å². The molecule has 1 aliphatic rings. The number of benzene rings is 2. The van der Waals surface area contributed by atoms with Crippen molar-refractivity contribution in [3.8, 4) is 5.75 Å². The van der Waals surface area contributed by atoms with Crippen molar-refractivity contribution in [1.29, 1.82) is 0 Å². The summed E-state index contributed by atoms with van der Waals surface area (Å²) in [5.74, 6) is 0.890. The maximum absolute atomic E-state index is 12.0. The van der Waals surface area contributed by atoms with Crippen LogP contribution in [0.3, 0.4) is 0 Å². The molecule has 0 saturated carbocycles. The van der Waals surface area contributed by atoms with Gasteiger partial charge in [-0.3, -0.25) is 4.79 Å². The molecule has 0 aliphatic carbocycles. The molecule has 1 amide bonds. The molecule has 2 aromatic carbocycles. The molecule has 1 aliphatic heterocycles. The largest absolute Gasteiger partial charge is 0.489 e. The summed E-state index contributed by atoms with van der Waals surface area (Å²) in [7, 11) is 0. The molecule has 1 unspecified atom stereocenters. The van der Waals surface area contributed by atoms with E-state index in [0.717, 1.165) is 42.7 Å². The van der Waals surface area contributed by atoms with Gasteiger partial charge in [-0.25, -0.2) is 0 Å². The average molecular weight is 339 g/mol. The van der Waals surface area contributed by atoms with Crippen LogP contribution in [0.15, 0.2) is 54.6 Å². The van der Waals surface area contributed by atoms with Crippen molar-refractivity contribution >= 4 is 5.91 Å². The molecule has 4 nitrogen and oxygen atoms in total. The van der Waals surface area contributed by atoms with E-state index in [1.165, 1.54) is 0 Å². The fourth-order valence-electron chi connectivity index (χ4n) is 2.94. The van der Waals surface area contributed by atoms with Gasteiger partial charge in [0.15, 0.2) is 0 Å². The Morgan fingerprint density at radius 1 is 1.12 bits per heavy atom. The van der Waals surface area contributed by atoms with Gasteiger partial charge in [-0.2, -0.15) is 0 Å². The third-order valence-electron chi connectivity index (χ3n) is 4.35. The maximum Gasteiger partial charge on any atom is 0.220 e. The second kappa shape index (κ2) is 9.23. The molecule has 1 atom stereocenters. The summed E-state index contributed by atoms with van der Waals surface area (Å²) < 4.78 is 11.4. The van der Waals surface area contributed by atoms with E-state index in [4.69, 9.17) is 9.47 Å². The highest BCUT2D eigenvalue weighted by atomic mass is 16.5. The van der Waals surface area contributed by atoms with Gasteiger partial charge in [-0.1, -0.05) is 42.5 Å². The molecule has 0 bridgehead atoms. The van der Waals surface area contributed by atoms with E-state index in [1.807, 2.05) is 54.6 Å². The molecule has 3 rings (SSSR count). The molecule has 1 N–H and O–H groups in total. The van der Waals surface area contributed by atoms with Crippen LogP contribution in [-0.2, 0) is 22.7 Å². The summed E-state index contributed by atoms with van der Waals surface area (Å²) >= 11 is 0. The second-order valence-corrected chi connectivity index (χ2v) is 6.37. The van der Waals surface area contributed by atoms with Crippen LogP contribution in [0.5, 0.6) is 5.75 Å². The van der Waals surface area contributed by atoms with Crippen molar-refractivity contribution < 1.29 is 14.3 Å². The van der Waals surface area contributed by atoms with Gasteiger partial charge >= 0.3 is 0 Å². The number of amides is 1.